The van der Waals surface area contributed by atoms with Gasteiger partial charge in [-0.1, -0.05) is 11.6 Å². The number of nitrogens with one attached hydrogen (secondary N) is 2. The van der Waals surface area contributed by atoms with Crippen LogP contribution in [0.4, 0.5) is 5.69 Å². The Labute approximate surface area is 100 Å². The predicted molar refractivity (Wildman–Crippen MR) is 64.8 cm³/mol. The Morgan fingerprint density at radius 1 is 1.38 bits per heavy atom. The number of rotatable bonds is 4. The van der Waals surface area contributed by atoms with Crippen LogP contribution in [0.2, 0.25) is 5.15 Å². The summed E-state index contributed by atoms with van der Waals surface area (Å²) in [5, 5.41) is 0.331. The third kappa shape index (κ3) is 3.96. The van der Waals surface area contributed by atoms with E-state index in [0.29, 0.717) is 16.5 Å². The van der Waals surface area contributed by atoms with Crippen LogP contribution in [-0.4, -0.2) is 19.4 Å². The summed E-state index contributed by atoms with van der Waals surface area (Å²) in [6.45, 7) is 5.16. The Bertz CT molecular complexity index is 474. The summed E-state index contributed by atoms with van der Waals surface area (Å²) in [4.78, 5) is 3.95. The minimum absolute atomic E-state index is 0.168. The number of anilines is 1. The summed E-state index contributed by atoms with van der Waals surface area (Å²) in [5.41, 5.74) is 0.944. The lowest BCUT2D eigenvalue weighted by molar-refractivity contribution is 0.575. The fourth-order valence-corrected chi connectivity index (χ4v) is 2.50. The molecule has 0 aliphatic carbocycles. The Morgan fingerprint density at radius 3 is 2.50 bits per heavy atom. The molecule has 0 amide bonds. The molecule has 1 aromatic heterocycles. The second kappa shape index (κ2) is 4.99. The second-order valence-corrected chi connectivity index (χ2v) is 5.48. The molecule has 5 nitrogen and oxygen atoms in total. The van der Waals surface area contributed by atoms with Gasteiger partial charge in [-0.15, -0.1) is 0 Å². The maximum Gasteiger partial charge on any atom is 0.299 e. The summed E-state index contributed by atoms with van der Waals surface area (Å²) in [5.74, 6) is 0. The molecule has 0 atom stereocenters. The lowest BCUT2D eigenvalue weighted by Crippen LogP contribution is -2.35. The first-order chi connectivity index (χ1) is 7.30. The molecular weight excluding hydrogens is 250 g/mol. The molecule has 1 heterocycles. The Balaban J connectivity index is 2.88. The van der Waals surface area contributed by atoms with Gasteiger partial charge in [0.1, 0.15) is 5.15 Å². The maximum absolute atomic E-state index is 11.6. The van der Waals surface area contributed by atoms with Gasteiger partial charge in [0.25, 0.3) is 10.2 Å². The van der Waals surface area contributed by atoms with E-state index < -0.39 is 10.2 Å². The van der Waals surface area contributed by atoms with Crippen LogP contribution in [0.1, 0.15) is 19.5 Å². The number of pyridine rings is 1. The number of aromatic nitrogens is 1. The van der Waals surface area contributed by atoms with Gasteiger partial charge in [0.2, 0.25) is 0 Å². The SMILES string of the molecule is Cc1nc(Cl)ccc1NS(=O)(=O)NC(C)C. The highest BCUT2D eigenvalue weighted by Gasteiger charge is 2.13. The molecule has 2 N–H and O–H groups in total. The van der Waals surface area contributed by atoms with E-state index in [1.165, 1.54) is 6.07 Å². The van der Waals surface area contributed by atoms with E-state index in [2.05, 4.69) is 14.4 Å². The molecule has 0 aliphatic rings. The fraction of sp³-hybridized carbons (Fsp3) is 0.444. The molecule has 0 aromatic carbocycles. The lowest BCUT2D eigenvalue weighted by Gasteiger charge is -2.12. The summed E-state index contributed by atoms with van der Waals surface area (Å²) >= 11 is 5.67. The third-order valence-corrected chi connectivity index (χ3v) is 3.17. The van der Waals surface area contributed by atoms with Crippen molar-refractivity contribution in [1.29, 1.82) is 0 Å². The fourth-order valence-electron chi connectivity index (χ4n) is 1.12. The zero-order valence-electron chi connectivity index (χ0n) is 9.28. The monoisotopic (exact) mass is 263 g/mol. The number of nitrogens with zero attached hydrogens (tertiary/aromatic N) is 1. The van der Waals surface area contributed by atoms with Crippen molar-refractivity contribution in [1.82, 2.24) is 9.71 Å². The number of halogens is 1. The largest absolute Gasteiger partial charge is 0.299 e. The molecule has 7 heteroatoms. The van der Waals surface area contributed by atoms with Gasteiger partial charge in [0.15, 0.2) is 0 Å². The topological polar surface area (TPSA) is 71.1 Å². The molecule has 0 saturated heterocycles. The van der Waals surface area contributed by atoms with Gasteiger partial charge in [-0.25, -0.2) is 4.98 Å². The first-order valence-corrected chi connectivity index (χ1v) is 6.59. The van der Waals surface area contributed by atoms with Crippen molar-refractivity contribution in [3.05, 3.63) is 23.0 Å². The van der Waals surface area contributed by atoms with Crippen molar-refractivity contribution in [2.75, 3.05) is 4.72 Å². The van der Waals surface area contributed by atoms with E-state index in [9.17, 15) is 8.42 Å². The van der Waals surface area contributed by atoms with Crippen LogP contribution in [0.3, 0.4) is 0 Å². The Kier molecular flexibility index (Phi) is 4.12. The average molecular weight is 264 g/mol. The lowest BCUT2D eigenvalue weighted by atomic mass is 10.3. The molecule has 0 saturated carbocycles. The number of hydrogen-bond donors (Lipinski definition) is 2. The molecule has 0 unspecified atom stereocenters. The van der Waals surface area contributed by atoms with Gasteiger partial charge in [-0.2, -0.15) is 13.1 Å². The van der Waals surface area contributed by atoms with Crippen molar-refractivity contribution in [3.8, 4) is 0 Å². The maximum atomic E-state index is 11.6. The molecule has 0 aliphatic heterocycles. The van der Waals surface area contributed by atoms with Crippen LogP contribution in [-0.2, 0) is 10.2 Å². The van der Waals surface area contributed by atoms with Crippen LogP contribution in [0, 0.1) is 6.92 Å². The molecule has 16 heavy (non-hydrogen) atoms. The Morgan fingerprint density at radius 2 is 2.00 bits per heavy atom. The highest BCUT2D eigenvalue weighted by Crippen LogP contribution is 2.16. The normalized spacial score (nSPS) is 11.8. The highest BCUT2D eigenvalue weighted by atomic mass is 35.5. The van der Waals surface area contributed by atoms with Gasteiger partial charge in [0.05, 0.1) is 11.4 Å². The molecule has 0 radical (unpaired) electrons. The average Bonchev–Trinajstić information content (AvgIpc) is 2.07. The van der Waals surface area contributed by atoms with Crippen LogP contribution in [0.5, 0.6) is 0 Å². The Hall–Kier alpha value is -0.850. The molecular formula is C9H14ClN3O2S. The summed E-state index contributed by atoms with van der Waals surface area (Å²) in [7, 11) is -3.55. The zero-order chi connectivity index (χ0) is 12.3. The minimum Gasteiger partial charge on any atom is -0.269 e. The van der Waals surface area contributed by atoms with Crippen LogP contribution in [0.25, 0.3) is 0 Å². The second-order valence-electron chi connectivity index (χ2n) is 3.64. The van der Waals surface area contributed by atoms with Gasteiger partial charge < -0.3 is 0 Å². The number of hydrogen-bond acceptors (Lipinski definition) is 3. The summed E-state index contributed by atoms with van der Waals surface area (Å²) in [6.07, 6.45) is 0. The van der Waals surface area contributed by atoms with Crippen LogP contribution in [0.15, 0.2) is 12.1 Å². The van der Waals surface area contributed by atoms with Crippen molar-refractivity contribution in [2.24, 2.45) is 0 Å². The van der Waals surface area contributed by atoms with Crippen molar-refractivity contribution in [3.63, 3.8) is 0 Å². The van der Waals surface area contributed by atoms with E-state index in [0.717, 1.165) is 0 Å². The van der Waals surface area contributed by atoms with E-state index in [1.54, 1.807) is 26.8 Å². The summed E-state index contributed by atoms with van der Waals surface area (Å²) < 4.78 is 27.9. The number of aryl methyl sites for hydroxylation is 1. The predicted octanol–water partition coefficient (Wildman–Crippen LogP) is 1.70. The minimum atomic E-state index is -3.55. The third-order valence-electron chi connectivity index (χ3n) is 1.69. The summed E-state index contributed by atoms with van der Waals surface area (Å²) in [6, 6.07) is 2.93. The van der Waals surface area contributed by atoms with Gasteiger partial charge in [0, 0.05) is 6.04 Å². The zero-order valence-corrected chi connectivity index (χ0v) is 10.9. The van der Waals surface area contributed by atoms with Gasteiger partial charge in [-0.05, 0) is 32.9 Å². The van der Waals surface area contributed by atoms with Crippen molar-refractivity contribution < 1.29 is 8.42 Å². The van der Waals surface area contributed by atoms with Crippen molar-refractivity contribution >= 4 is 27.5 Å². The molecule has 1 aromatic rings. The highest BCUT2D eigenvalue weighted by molar-refractivity contribution is 7.90. The molecule has 0 spiro atoms. The van der Waals surface area contributed by atoms with Gasteiger partial charge >= 0.3 is 0 Å². The van der Waals surface area contributed by atoms with Crippen molar-refractivity contribution in [2.45, 2.75) is 26.8 Å². The van der Waals surface area contributed by atoms with Gasteiger partial charge in [-0.3, -0.25) is 4.72 Å². The standard InChI is InChI=1S/C9H14ClN3O2S/c1-6(2)12-16(14,15)13-8-4-5-9(10)11-7(8)3/h4-6,12-13H,1-3H3. The molecule has 0 bridgehead atoms. The van der Waals surface area contributed by atoms with E-state index in [-0.39, 0.29) is 6.04 Å². The first-order valence-electron chi connectivity index (χ1n) is 4.73. The molecule has 0 fully saturated rings. The molecule has 1 rings (SSSR count). The smallest absolute Gasteiger partial charge is 0.269 e. The quantitative estimate of drug-likeness (QED) is 0.813. The van der Waals surface area contributed by atoms with Crippen LogP contribution >= 0.6 is 11.6 Å². The first kappa shape index (κ1) is 13.2. The van der Waals surface area contributed by atoms with E-state index in [1.807, 2.05) is 0 Å². The van der Waals surface area contributed by atoms with Crippen LogP contribution < -0.4 is 9.44 Å². The van der Waals surface area contributed by atoms with E-state index in [4.69, 9.17) is 11.6 Å². The van der Waals surface area contributed by atoms with E-state index >= 15 is 0 Å². The molecule has 90 valence electrons.